The second kappa shape index (κ2) is 8.16. The summed E-state index contributed by atoms with van der Waals surface area (Å²) in [5.74, 6) is -0.498. The Hall–Kier alpha value is -3.00. The van der Waals surface area contributed by atoms with Crippen LogP contribution in [0, 0.1) is 5.82 Å². The van der Waals surface area contributed by atoms with E-state index < -0.39 is 5.82 Å². The first kappa shape index (κ1) is 20.9. The Bertz CT molecular complexity index is 1230. The highest BCUT2D eigenvalue weighted by atomic mass is 19.1. The van der Waals surface area contributed by atoms with Crippen molar-refractivity contribution in [3.63, 3.8) is 0 Å². The van der Waals surface area contributed by atoms with Crippen LogP contribution in [0.15, 0.2) is 35.1 Å². The Balaban J connectivity index is 1.42. The van der Waals surface area contributed by atoms with Crippen LogP contribution in [0.25, 0.3) is 5.65 Å². The highest BCUT2D eigenvalue weighted by Crippen LogP contribution is 2.28. The molecule has 0 bridgehead atoms. The summed E-state index contributed by atoms with van der Waals surface area (Å²) < 4.78 is 15.1. The van der Waals surface area contributed by atoms with Crippen molar-refractivity contribution in [2.75, 3.05) is 19.6 Å². The lowest BCUT2D eigenvalue weighted by Crippen LogP contribution is -2.40. The molecule has 2 aliphatic heterocycles. The Morgan fingerprint density at radius 2 is 2.09 bits per heavy atom. The van der Waals surface area contributed by atoms with Crippen molar-refractivity contribution in [3.8, 4) is 0 Å². The predicted molar refractivity (Wildman–Crippen MR) is 119 cm³/mol. The molecule has 0 unspecified atom stereocenters. The average Bonchev–Trinajstić information content (AvgIpc) is 3.23. The van der Waals surface area contributed by atoms with Crippen LogP contribution in [0.1, 0.15) is 59.9 Å². The van der Waals surface area contributed by atoms with Gasteiger partial charge in [-0.2, -0.15) is 0 Å². The lowest BCUT2D eigenvalue weighted by molar-refractivity contribution is 0.0705. The number of aromatic amines is 1. The molecule has 3 aromatic rings. The van der Waals surface area contributed by atoms with Crippen LogP contribution in [-0.2, 0) is 13.0 Å². The minimum absolute atomic E-state index is 0.0369. The van der Waals surface area contributed by atoms with E-state index in [0.717, 1.165) is 42.8 Å². The van der Waals surface area contributed by atoms with Crippen molar-refractivity contribution in [3.05, 3.63) is 69.0 Å². The molecule has 0 aliphatic carbocycles. The maximum Gasteiger partial charge on any atom is 0.277 e. The van der Waals surface area contributed by atoms with E-state index >= 15 is 0 Å². The third-order valence-corrected chi connectivity index (χ3v) is 6.76. The van der Waals surface area contributed by atoms with E-state index in [4.69, 9.17) is 4.98 Å². The number of carbonyl (C=O) groups is 1. The molecule has 32 heavy (non-hydrogen) atoms. The molecular weight excluding hydrogens is 409 g/mol. The lowest BCUT2D eigenvalue weighted by atomic mass is 9.94. The monoisotopic (exact) mass is 437 g/mol. The van der Waals surface area contributed by atoms with Crippen LogP contribution >= 0.6 is 0 Å². The normalized spacial score (nSPS) is 19.5. The molecule has 168 valence electrons. The van der Waals surface area contributed by atoms with Gasteiger partial charge in [-0.3, -0.25) is 19.6 Å². The number of likely N-dealkylation sites (tertiary alicyclic amines) is 1. The van der Waals surface area contributed by atoms with Gasteiger partial charge in [-0.05, 0) is 44.9 Å². The van der Waals surface area contributed by atoms with Crippen LogP contribution in [0.2, 0.25) is 0 Å². The molecule has 2 aliphatic rings. The zero-order valence-corrected chi connectivity index (χ0v) is 18.5. The summed E-state index contributed by atoms with van der Waals surface area (Å²) in [5, 5.41) is 3.26. The number of piperidine rings is 1. The van der Waals surface area contributed by atoms with Gasteiger partial charge in [0.2, 0.25) is 0 Å². The van der Waals surface area contributed by atoms with Crippen molar-refractivity contribution in [1.82, 2.24) is 24.4 Å². The van der Waals surface area contributed by atoms with Crippen LogP contribution in [0.4, 0.5) is 4.39 Å². The molecule has 1 saturated heterocycles. The summed E-state index contributed by atoms with van der Waals surface area (Å²) in [4.78, 5) is 34.9. The van der Waals surface area contributed by atoms with E-state index in [1.54, 1.807) is 21.5 Å². The number of halogens is 1. The predicted octanol–water partition coefficient (Wildman–Crippen LogP) is 2.95. The minimum Gasteiger partial charge on any atom is -0.338 e. The van der Waals surface area contributed by atoms with Crippen LogP contribution in [0.5, 0.6) is 0 Å². The molecule has 1 atom stereocenters. The number of amides is 1. The summed E-state index contributed by atoms with van der Waals surface area (Å²) in [7, 11) is 0. The molecule has 1 amide bonds. The average molecular weight is 438 g/mol. The molecule has 5 rings (SSSR count). The molecule has 0 radical (unpaired) electrons. The van der Waals surface area contributed by atoms with Gasteiger partial charge < -0.3 is 4.90 Å². The Morgan fingerprint density at radius 3 is 2.88 bits per heavy atom. The smallest absolute Gasteiger partial charge is 0.277 e. The number of rotatable bonds is 3. The Labute approximate surface area is 185 Å². The topological polar surface area (TPSA) is 73.7 Å². The lowest BCUT2D eigenvalue weighted by Gasteiger charge is -2.32. The van der Waals surface area contributed by atoms with E-state index in [0.29, 0.717) is 36.9 Å². The highest BCUT2D eigenvalue weighted by Gasteiger charge is 2.28. The summed E-state index contributed by atoms with van der Waals surface area (Å²) in [6.07, 6.45) is 2.54. The zero-order valence-electron chi connectivity index (χ0n) is 18.5. The largest absolute Gasteiger partial charge is 0.338 e. The van der Waals surface area contributed by atoms with E-state index in [-0.39, 0.29) is 17.4 Å². The first-order valence-corrected chi connectivity index (χ1v) is 11.3. The van der Waals surface area contributed by atoms with Gasteiger partial charge in [-0.15, -0.1) is 0 Å². The zero-order chi connectivity index (χ0) is 22.4. The van der Waals surface area contributed by atoms with Gasteiger partial charge in [0.1, 0.15) is 5.82 Å². The molecule has 7 nitrogen and oxygen atoms in total. The number of nitrogens with one attached hydrogen (secondary N) is 1. The van der Waals surface area contributed by atoms with Crippen LogP contribution in [0.3, 0.4) is 0 Å². The van der Waals surface area contributed by atoms with Crippen LogP contribution < -0.4 is 5.56 Å². The van der Waals surface area contributed by atoms with Gasteiger partial charge in [0, 0.05) is 61.9 Å². The van der Waals surface area contributed by atoms with E-state index in [1.165, 1.54) is 12.1 Å². The molecular formula is C24H28FN5O2. The van der Waals surface area contributed by atoms with Crippen LogP contribution in [-0.4, -0.2) is 56.0 Å². The fourth-order valence-electron chi connectivity index (χ4n) is 4.89. The minimum atomic E-state index is -0.412. The molecule has 0 spiro atoms. The van der Waals surface area contributed by atoms with Gasteiger partial charge in [-0.25, -0.2) is 13.9 Å². The maximum atomic E-state index is 13.6. The summed E-state index contributed by atoms with van der Waals surface area (Å²) >= 11 is 0. The standard InChI is InChI=1S/C24H28FN5O2/c1-15(2)28-10-8-20-19(14-28)24(32)30-22(26-20)12-21(27-30)17-6-4-9-29(13-17)23(31)16-5-3-7-18(25)11-16/h3,5,7,11-12,15,17,27H,4,6,8-10,13-14H2,1-2H3/t17-/m1/s1. The van der Waals surface area contributed by atoms with E-state index in [2.05, 4.69) is 23.8 Å². The number of carbonyl (C=O) groups excluding carboxylic acids is 1. The molecule has 1 fully saturated rings. The number of nitrogens with zero attached hydrogens (tertiary/aromatic N) is 4. The molecule has 2 aromatic heterocycles. The van der Waals surface area contributed by atoms with Crippen molar-refractivity contribution < 1.29 is 9.18 Å². The van der Waals surface area contributed by atoms with Gasteiger partial charge in [-0.1, -0.05) is 6.07 Å². The van der Waals surface area contributed by atoms with Crippen molar-refractivity contribution in [2.45, 2.75) is 51.6 Å². The summed E-state index contributed by atoms with van der Waals surface area (Å²) in [6, 6.07) is 8.14. The van der Waals surface area contributed by atoms with Gasteiger partial charge in [0.05, 0.1) is 11.3 Å². The quantitative estimate of drug-likeness (QED) is 0.684. The number of benzene rings is 1. The maximum absolute atomic E-state index is 13.6. The number of H-pyrrole nitrogens is 1. The van der Waals surface area contributed by atoms with E-state index in [9.17, 15) is 14.0 Å². The summed E-state index contributed by atoms with van der Waals surface area (Å²) in [6.45, 7) is 6.98. The van der Waals surface area contributed by atoms with Gasteiger partial charge in [0.25, 0.3) is 11.5 Å². The molecule has 1 N–H and O–H groups in total. The Kier molecular flexibility index (Phi) is 5.33. The van der Waals surface area contributed by atoms with Gasteiger partial charge in [0.15, 0.2) is 5.65 Å². The number of fused-ring (bicyclic) bond motifs is 2. The fourth-order valence-corrected chi connectivity index (χ4v) is 4.89. The van der Waals surface area contributed by atoms with Crippen molar-refractivity contribution in [1.29, 1.82) is 0 Å². The molecule has 4 heterocycles. The SMILES string of the molecule is CC(C)N1CCc2nc3cc([C@@H]4CCCN(C(=O)c5cccc(F)c5)C4)[nH]n3c(=O)c2C1. The first-order valence-electron chi connectivity index (χ1n) is 11.3. The van der Waals surface area contributed by atoms with Gasteiger partial charge >= 0.3 is 0 Å². The second-order valence-corrected chi connectivity index (χ2v) is 9.16. The number of hydrogen-bond acceptors (Lipinski definition) is 4. The number of hydrogen-bond donors (Lipinski definition) is 1. The highest BCUT2D eigenvalue weighted by molar-refractivity contribution is 5.94. The molecule has 0 saturated carbocycles. The van der Waals surface area contributed by atoms with E-state index in [1.807, 2.05) is 6.07 Å². The molecule has 1 aromatic carbocycles. The summed E-state index contributed by atoms with van der Waals surface area (Å²) in [5.41, 5.74) is 3.53. The second-order valence-electron chi connectivity index (χ2n) is 9.16. The third kappa shape index (κ3) is 3.72. The first-order chi connectivity index (χ1) is 15.4. The molecule has 8 heteroatoms. The Morgan fingerprint density at radius 1 is 1.25 bits per heavy atom. The third-order valence-electron chi connectivity index (χ3n) is 6.76. The number of aromatic nitrogens is 3. The van der Waals surface area contributed by atoms with Crippen molar-refractivity contribution in [2.24, 2.45) is 0 Å². The van der Waals surface area contributed by atoms with Crippen molar-refractivity contribution >= 4 is 11.6 Å². The fraction of sp³-hybridized carbons (Fsp3) is 0.458.